The Labute approximate surface area is 249 Å². The molecule has 0 spiro atoms. The maximum atomic E-state index is 13.1. The maximum absolute atomic E-state index is 13.1. The third-order valence-electron chi connectivity index (χ3n) is 8.01. The fraction of sp³-hybridized carbons (Fsp3) is 0.200. The van der Waals surface area contributed by atoms with Crippen molar-refractivity contribution in [3.63, 3.8) is 0 Å². The predicted octanol–water partition coefficient (Wildman–Crippen LogP) is 9.24. The first kappa shape index (κ1) is 27.6. The topological polar surface area (TPSA) is 77.8 Å². The first-order chi connectivity index (χ1) is 20.3. The predicted molar refractivity (Wildman–Crippen MR) is 165 cm³/mol. The van der Waals surface area contributed by atoms with Crippen molar-refractivity contribution in [3.05, 3.63) is 113 Å². The quantitative estimate of drug-likeness (QED) is 0.194. The molecule has 1 heterocycles. The van der Waals surface area contributed by atoms with Gasteiger partial charge in [0.15, 0.2) is 5.76 Å². The van der Waals surface area contributed by atoms with Crippen molar-refractivity contribution in [1.29, 1.82) is 0 Å². The van der Waals surface area contributed by atoms with Gasteiger partial charge in [-0.25, -0.2) is 4.79 Å². The standard InChI is InChI=1S/C35H30ClNO5/c1-21-7-6-9-28-30(37-34(39)41-22(2)27-8-4-5-10-29(27)36)32(42-31(21)28)25-13-11-23(12-14-25)24-15-17-26(18-16-24)35(19-20-35)33(38)40-3/h4-18,22H,19-20H2,1-3H3,(H,37,39)/t22-/m1/s1. The molecule has 1 aliphatic carbocycles. The number of fused-ring (bicyclic) bond motifs is 1. The number of para-hydroxylation sites is 1. The van der Waals surface area contributed by atoms with Gasteiger partial charge >= 0.3 is 12.1 Å². The molecule has 0 saturated heterocycles. The van der Waals surface area contributed by atoms with Crippen LogP contribution in [0.15, 0.2) is 95.4 Å². The van der Waals surface area contributed by atoms with Crippen molar-refractivity contribution in [2.75, 3.05) is 12.4 Å². The fourth-order valence-corrected chi connectivity index (χ4v) is 5.76. The van der Waals surface area contributed by atoms with Gasteiger partial charge in [0.25, 0.3) is 0 Å². The van der Waals surface area contributed by atoms with Crippen LogP contribution >= 0.6 is 11.6 Å². The number of ether oxygens (including phenoxy) is 2. The molecule has 6 nitrogen and oxygen atoms in total. The summed E-state index contributed by atoms with van der Waals surface area (Å²) in [5.41, 5.74) is 6.26. The number of carbonyl (C=O) groups excluding carboxylic acids is 2. The zero-order valence-electron chi connectivity index (χ0n) is 23.6. The van der Waals surface area contributed by atoms with Crippen LogP contribution in [0.3, 0.4) is 0 Å². The van der Waals surface area contributed by atoms with Gasteiger partial charge < -0.3 is 13.9 Å². The Morgan fingerprint density at radius 2 is 1.52 bits per heavy atom. The van der Waals surface area contributed by atoms with Gasteiger partial charge in [0.05, 0.1) is 18.2 Å². The lowest BCUT2D eigenvalue weighted by molar-refractivity contribution is -0.143. The van der Waals surface area contributed by atoms with Crippen molar-refractivity contribution >= 4 is 40.3 Å². The Balaban J connectivity index is 1.27. The van der Waals surface area contributed by atoms with Crippen molar-refractivity contribution in [2.45, 2.75) is 38.2 Å². The number of halogens is 1. The van der Waals surface area contributed by atoms with Gasteiger partial charge in [-0.2, -0.15) is 0 Å². The van der Waals surface area contributed by atoms with E-state index in [2.05, 4.69) is 5.32 Å². The fourth-order valence-electron chi connectivity index (χ4n) is 5.47. The monoisotopic (exact) mass is 579 g/mol. The molecule has 1 atom stereocenters. The Hall–Kier alpha value is -4.55. The summed E-state index contributed by atoms with van der Waals surface area (Å²) in [5, 5.41) is 4.25. The molecule has 1 amide bonds. The van der Waals surface area contributed by atoms with E-state index in [1.165, 1.54) is 7.11 Å². The number of hydrogen-bond donors (Lipinski definition) is 1. The summed E-state index contributed by atoms with van der Waals surface area (Å²) in [6.45, 7) is 3.75. The Bertz CT molecular complexity index is 1790. The number of amides is 1. The molecule has 7 heteroatoms. The summed E-state index contributed by atoms with van der Waals surface area (Å²) < 4.78 is 17.0. The molecule has 1 aromatic heterocycles. The largest absolute Gasteiger partial charge is 0.468 e. The molecule has 6 rings (SSSR count). The Kier molecular flexibility index (Phi) is 7.25. The van der Waals surface area contributed by atoms with Crippen LogP contribution in [0.2, 0.25) is 5.02 Å². The van der Waals surface area contributed by atoms with E-state index in [0.717, 1.165) is 51.6 Å². The SMILES string of the molecule is COC(=O)C1(c2ccc(-c3ccc(-c4oc5c(C)cccc5c4NC(=O)O[C@H](C)c4ccccc4Cl)cc3)cc2)CC1. The number of furan rings is 1. The Morgan fingerprint density at radius 1 is 0.881 bits per heavy atom. The number of anilines is 1. The molecule has 1 aliphatic rings. The molecule has 212 valence electrons. The third kappa shape index (κ3) is 5.03. The number of esters is 1. The van der Waals surface area contributed by atoms with Gasteiger partial charge in [-0.05, 0) is 61.1 Å². The van der Waals surface area contributed by atoms with Crippen LogP contribution in [0.1, 0.15) is 42.6 Å². The lowest BCUT2D eigenvalue weighted by Gasteiger charge is -2.15. The molecule has 0 aliphatic heterocycles. The van der Waals surface area contributed by atoms with Gasteiger partial charge in [-0.1, -0.05) is 90.5 Å². The highest BCUT2D eigenvalue weighted by Gasteiger charge is 2.52. The molecule has 0 radical (unpaired) electrons. The average molecular weight is 580 g/mol. The molecule has 0 bridgehead atoms. The van der Waals surface area contributed by atoms with Crippen LogP contribution in [0.5, 0.6) is 0 Å². The van der Waals surface area contributed by atoms with Gasteiger partial charge in [-0.15, -0.1) is 0 Å². The lowest BCUT2D eigenvalue weighted by Crippen LogP contribution is -2.21. The summed E-state index contributed by atoms with van der Waals surface area (Å²) in [7, 11) is 1.44. The number of nitrogens with one attached hydrogen (secondary N) is 1. The van der Waals surface area contributed by atoms with E-state index in [9.17, 15) is 9.59 Å². The number of aryl methyl sites for hydroxylation is 1. The van der Waals surface area contributed by atoms with Crippen LogP contribution < -0.4 is 5.32 Å². The van der Waals surface area contributed by atoms with E-state index in [1.54, 1.807) is 13.0 Å². The highest BCUT2D eigenvalue weighted by Crippen LogP contribution is 2.49. The minimum absolute atomic E-state index is 0.174. The summed E-state index contributed by atoms with van der Waals surface area (Å²) in [6, 6.07) is 29.1. The molecule has 1 N–H and O–H groups in total. The van der Waals surface area contributed by atoms with Crippen LogP contribution in [-0.2, 0) is 19.7 Å². The van der Waals surface area contributed by atoms with Crippen molar-refractivity contribution in [2.24, 2.45) is 0 Å². The second-order valence-corrected chi connectivity index (χ2v) is 11.1. The number of rotatable bonds is 7. The third-order valence-corrected chi connectivity index (χ3v) is 8.35. The number of carbonyl (C=O) groups is 2. The van der Waals surface area contributed by atoms with Crippen LogP contribution in [0.25, 0.3) is 33.4 Å². The van der Waals surface area contributed by atoms with Gasteiger partial charge in [-0.3, -0.25) is 10.1 Å². The van der Waals surface area contributed by atoms with E-state index in [-0.39, 0.29) is 5.97 Å². The van der Waals surface area contributed by atoms with Gasteiger partial charge in [0.2, 0.25) is 0 Å². The second kappa shape index (κ2) is 11.0. The molecule has 1 saturated carbocycles. The lowest BCUT2D eigenvalue weighted by atomic mass is 9.93. The van der Waals surface area contributed by atoms with Crippen molar-refractivity contribution < 1.29 is 23.5 Å². The summed E-state index contributed by atoms with van der Waals surface area (Å²) in [5.74, 6) is 0.365. The second-order valence-electron chi connectivity index (χ2n) is 10.7. The molecular formula is C35H30ClNO5. The van der Waals surface area contributed by atoms with E-state index >= 15 is 0 Å². The van der Waals surface area contributed by atoms with E-state index in [1.807, 2.05) is 91.9 Å². The van der Waals surface area contributed by atoms with Gasteiger partial charge in [0, 0.05) is 21.5 Å². The zero-order valence-corrected chi connectivity index (χ0v) is 24.3. The molecule has 4 aromatic carbocycles. The summed E-state index contributed by atoms with van der Waals surface area (Å²) in [4.78, 5) is 25.3. The summed E-state index contributed by atoms with van der Waals surface area (Å²) >= 11 is 6.31. The minimum atomic E-state index is -0.607. The highest BCUT2D eigenvalue weighted by molar-refractivity contribution is 6.31. The normalized spacial score (nSPS) is 14.3. The molecular weight excluding hydrogens is 550 g/mol. The minimum Gasteiger partial charge on any atom is -0.468 e. The number of hydrogen-bond acceptors (Lipinski definition) is 5. The molecule has 1 fully saturated rings. The van der Waals surface area contributed by atoms with Crippen LogP contribution in [0.4, 0.5) is 10.5 Å². The zero-order chi connectivity index (χ0) is 29.4. The average Bonchev–Trinajstić information content (AvgIpc) is 3.74. The molecule has 5 aromatic rings. The van der Waals surface area contributed by atoms with Crippen molar-refractivity contribution in [1.82, 2.24) is 0 Å². The number of benzene rings is 4. The van der Waals surface area contributed by atoms with Gasteiger partial charge in [0.1, 0.15) is 11.7 Å². The first-order valence-electron chi connectivity index (χ1n) is 13.8. The van der Waals surface area contributed by atoms with Crippen molar-refractivity contribution in [3.8, 4) is 22.5 Å². The molecule has 42 heavy (non-hydrogen) atoms. The van der Waals surface area contributed by atoms with E-state index < -0.39 is 17.6 Å². The summed E-state index contributed by atoms with van der Waals surface area (Å²) in [6.07, 6.45) is 0.473. The first-order valence-corrected chi connectivity index (χ1v) is 14.2. The molecule has 0 unspecified atom stereocenters. The smallest absolute Gasteiger partial charge is 0.412 e. The van der Waals surface area contributed by atoms with Crippen LogP contribution in [-0.4, -0.2) is 19.2 Å². The van der Waals surface area contributed by atoms with Crippen LogP contribution in [0, 0.1) is 6.92 Å². The van der Waals surface area contributed by atoms with E-state index in [0.29, 0.717) is 22.1 Å². The highest BCUT2D eigenvalue weighted by atomic mass is 35.5. The number of methoxy groups -OCH3 is 1. The maximum Gasteiger partial charge on any atom is 0.412 e. The Morgan fingerprint density at radius 3 is 2.17 bits per heavy atom. The van der Waals surface area contributed by atoms with E-state index in [4.69, 9.17) is 25.5 Å².